The van der Waals surface area contributed by atoms with Crippen LogP contribution in [0.1, 0.15) is 26.3 Å². The first-order chi connectivity index (χ1) is 14.0. The third-order valence-electron chi connectivity index (χ3n) is 4.48. The molecule has 0 saturated carbocycles. The predicted octanol–water partition coefficient (Wildman–Crippen LogP) is 2.65. The minimum Gasteiger partial charge on any atom is -0.493 e. The summed E-state index contributed by atoms with van der Waals surface area (Å²) in [6, 6.07) is 4.65. The van der Waals surface area contributed by atoms with Crippen molar-refractivity contribution in [1.29, 1.82) is 0 Å². The third kappa shape index (κ3) is 3.46. The number of cyclic esters (lactones) is 1. The molecule has 3 rings (SSSR count). The van der Waals surface area contributed by atoms with Gasteiger partial charge < -0.3 is 33.7 Å². The van der Waals surface area contributed by atoms with Gasteiger partial charge in [0, 0.05) is 11.1 Å². The van der Waals surface area contributed by atoms with Crippen molar-refractivity contribution in [1.82, 2.24) is 0 Å². The minimum atomic E-state index is -0.554. The number of nitrogens with one attached hydrogen (secondary N) is 1. The van der Waals surface area contributed by atoms with Crippen LogP contribution in [0.15, 0.2) is 18.2 Å². The molecule has 1 heterocycles. The van der Waals surface area contributed by atoms with Gasteiger partial charge in [-0.25, -0.2) is 4.79 Å². The Kier molecular flexibility index (Phi) is 5.67. The van der Waals surface area contributed by atoms with Crippen LogP contribution in [-0.4, -0.2) is 47.4 Å². The third-order valence-corrected chi connectivity index (χ3v) is 4.48. The Balaban J connectivity index is 2.08. The van der Waals surface area contributed by atoms with Gasteiger partial charge in [0.25, 0.3) is 5.91 Å². The first kappa shape index (κ1) is 20.1. The summed E-state index contributed by atoms with van der Waals surface area (Å²) in [7, 11) is 7.25. The molecule has 29 heavy (non-hydrogen) atoms. The number of amides is 1. The molecule has 0 fully saturated rings. The van der Waals surface area contributed by atoms with Gasteiger partial charge >= 0.3 is 5.97 Å². The number of anilines is 1. The maximum Gasteiger partial charge on any atom is 0.341 e. The highest BCUT2D eigenvalue weighted by atomic mass is 16.5. The van der Waals surface area contributed by atoms with Crippen molar-refractivity contribution in [2.24, 2.45) is 0 Å². The van der Waals surface area contributed by atoms with Crippen molar-refractivity contribution in [3.8, 4) is 28.7 Å². The van der Waals surface area contributed by atoms with Crippen LogP contribution in [0.4, 0.5) is 5.69 Å². The van der Waals surface area contributed by atoms with Crippen molar-refractivity contribution in [3.05, 3.63) is 34.9 Å². The Labute approximate surface area is 167 Å². The fourth-order valence-corrected chi connectivity index (χ4v) is 3.13. The molecule has 0 bridgehead atoms. The van der Waals surface area contributed by atoms with Crippen LogP contribution < -0.4 is 29.0 Å². The molecular formula is C20H21NO8. The average molecular weight is 403 g/mol. The second kappa shape index (κ2) is 8.17. The lowest BCUT2D eigenvalue weighted by Crippen LogP contribution is -2.16. The standard InChI is InChI=1S/C20H21NO8/c1-24-12-6-10(7-13(25-2)17(12)27-4)19(22)21-16-15-11(9-29-20(15)23)8-14(26-3)18(16)28-5/h6-8H,9H2,1-5H3,(H,21,22). The molecular weight excluding hydrogens is 382 g/mol. The minimum absolute atomic E-state index is 0.0849. The molecule has 2 aromatic rings. The topological polar surface area (TPSA) is 102 Å². The molecule has 154 valence electrons. The number of ether oxygens (including phenoxy) is 6. The normalized spacial score (nSPS) is 12.0. The molecule has 1 aliphatic heterocycles. The molecule has 0 unspecified atom stereocenters. The van der Waals surface area contributed by atoms with E-state index < -0.39 is 11.9 Å². The number of rotatable bonds is 7. The zero-order valence-corrected chi connectivity index (χ0v) is 16.7. The number of carbonyl (C=O) groups excluding carboxylic acids is 2. The first-order valence-corrected chi connectivity index (χ1v) is 8.55. The molecule has 0 spiro atoms. The Morgan fingerprint density at radius 1 is 0.862 bits per heavy atom. The molecule has 0 radical (unpaired) electrons. The Morgan fingerprint density at radius 3 is 1.93 bits per heavy atom. The first-order valence-electron chi connectivity index (χ1n) is 8.55. The van der Waals surface area contributed by atoms with Crippen molar-refractivity contribution >= 4 is 17.6 Å². The zero-order chi connectivity index (χ0) is 21.1. The van der Waals surface area contributed by atoms with E-state index >= 15 is 0 Å². The van der Waals surface area contributed by atoms with E-state index in [1.165, 1.54) is 47.7 Å². The number of carbonyl (C=O) groups is 2. The van der Waals surface area contributed by atoms with E-state index in [1.807, 2.05) is 0 Å². The highest BCUT2D eigenvalue weighted by Crippen LogP contribution is 2.44. The number of benzene rings is 2. The van der Waals surface area contributed by atoms with E-state index in [1.54, 1.807) is 6.07 Å². The maximum absolute atomic E-state index is 13.0. The summed E-state index contributed by atoms with van der Waals surface area (Å²) >= 11 is 0. The van der Waals surface area contributed by atoms with E-state index in [-0.39, 0.29) is 29.2 Å². The lowest BCUT2D eigenvalue weighted by atomic mass is 10.0. The number of hydrogen-bond acceptors (Lipinski definition) is 8. The van der Waals surface area contributed by atoms with Crippen LogP contribution in [0.5, 0.6) is 28.7 Å². The van der Waals surface area contributed by atoms with Gasteiger partial charge in [0.2, 0.25) is 5.75 Å². The largest absolute Gasteiger partial charge is 0.493 e. The predicted molar refractivity (Wildman–Crippen MR) is 103 cm³/mol. The quantitative estimate of drug-likeness (QED) is 0.704. The zero-order valence-electron chi connectivity index (χ0n) is 16.7. The molecule has 1 aliphatic rings. The molecule has 1 amide bonds. The monoisotopic (exact) mass is 403 g/mol. The molecule has 2 aromatic carbocycles. The van der Waals surface area contributed by atoms with Gasteiger partial charge in [-0.05, 0) is 18.2 Å². The Bertz CT molecular complexity index is 944. The SMILES string of the molecule is COc1cc(C(=O)Nc2c(OC)c(OC)cc3c2C(=O)OC3)cc(OC)c1OC. The smallest absolute Gasteiger partial charge is 0.341 e. The maximum atomic E-state index is 13.0. The van der Waals surface area contributed by atoms with Gasteiger partial charge in [-0.3, -0.25) is 4.79 Å². The lowest BCUT2D eigenvalue weighted by Gasteiger charge is -2.17. The van der Waals surface area contributed by atoms with Crippen LogP contribution in [0.25, 0.3) is 0 Å². The fraction of sp³-hybridized carbons (Fsp3) is 0.300. The van der Waals surface area contributed by atoms with Crippen LogP contribution in [0.3, 0.4) is 0 Å². The van der Waals surface area contributed by atoms with E-state index in [2.05, 4.69) is 5.32 Å². The molecule has 1 N–H and O–H groups in total. The average Bonchev–Trinajstić information content (AvgIpc) is 3.12. The van der Waals surface area contributed by atoms with Gasteiger partial charge in [0.15, 0.2) is 23.0 Å². The Hall–Kier alpha value is -3.62. The number of fused-ring (bicyclic) bond motifs is 1. The van der Waals surface area contributed by atoms with E-state index in [0.717, 1.165) is 0 Å². The molecule has 9 heteroatoms. The Morgan fingerprint density at radius 2 is 1.41 bits per heavy atom. The summed E-state index contributed by atoms with van der Waals surface area (Å²) in [5, 5.41) is 2.73. The molecule has 9 nitrogen and oxygen atoms in total. The van der Waals surface area contributed by atoms with Crippen LogP contribution in [0.2, 0.25) is 0 Å². The molecule has 0 saturated heterocycles. The second-order valence-corrected chi connectivity index (χ2v) is 5.97. The second-order valence-electron chi connectivity index (χ2n) is 5.97. The van der Waals surface area contributed by atoms with Crippen molar-refractivity contribution < 1.29 is 38.0 Å². The number of methoxy groups -OCH3 is 5. The van der Waals surface area contributed by atoms with Gasteiger partial charge in [-0.1, -0.05) is 0 Å². The summed E-state index contributed by atoms with van der Waals surface area (Å²) in [6.07, 6.45) is 0. The molecule has 0 atom stereocenters. The van der Waals surface area contributed by atoms with E-state index in [4.69, 9.17) is 28.4 Å². The summed E-state index contributed by atoms with van der Waals surface area (Å²) in [5.41, 5.74) is 1.21. The van der Waals surface area contributed by atoms with Gasteiger partial charge in [0.1, 0.15) is 12.3 Å². The summed E-state index contributed by atoms with van der Waals surface area (Å²) in [5.74, 6) is 0.503. The highest BCUT2D eigenvalue weighted by Gasteiger charge is 2.31. The van der Waals surface area contributed by atoms with Gasteiger partial charge in [-0.15, -0.1) is 0 Å². The molecule has 0 aliphatic carbocycles. The van der Waals surface area contributed by atoms with E-state index in [9.17, 15) is 9.59 Å². The van der Waals surface area contributed by atoms with Gasteiger partial charge in [0.05, 0.1) is 41.1 Å². The number of esters is 1. The van der Waals surface area contributed by atoms with Gasteiger partial charge in [-0.2, -0.15) is 0 Å². The summed E-state index contributed by atoms with van der Waals surface area (Å²) in [6.45, 7) is 0.0849. The van der Waals surface area contributed by atoms with Crippen LogP contribution >= 0.6 is 0 Å². The van der Waals surface area contributed by atoms with Crippen molar-refractivity contribution in [2.75, 3.05) is 40.9 Å². The van der Waals surface area contributed by atoms with Crippen molar-refractivity contribution in [2.45, 2.75) is 6.61 Å². The van der Waals surface area contributed by atoms with Crippen LogP contribution in [0, 0.1) is 0 Å². The highest BCUT2D eigenvalue weighted by molar-refractivity contribution is 6.11. The number of hydrogen-bond donors (Lipinski definition) is 1. The fourth-order valence-electron chi connectivity index (χ4n) is 3.13. The van der Waals surface area contributed by atoms with Crippen molar-refractivity contribution in [3.63, 3.8) is 0 Å². The van der Waals surface area contributed by atoms with E-state index in [0.29, 0.717) is 28.6 Å². The summed E-state index contributed by atoms with van der Waals surface area (Å²) in [4.78, 5) is 25.2. The lowest BCUT2D eigenvalue weighted by molar-refractivity contribution is 0.0535. The molecule has 0 aromatic heterocycles. The van der Waals surface area contributed by atoms with Crippen LogP contribution in [-0.2, 0) is 11.3 Å². The summed E-state index contributed by atoms with van der Waals surface area (Å²) < 4.78 is 31.7.